The average molecular weight is 524 g/mol. The van der Waals surface area contributed by atoms with Crippen LogP contribution in [0.3, 0.4) is 0 Å². The van der Waals surface area contributed by atoms with Crippen LogP contribution in [-0.4, -0.2) is 18.2 Å². The lowest BCUT2D eigenvalue weighted by molar-refractivity contribution is -0.115. The SMILES string of the molecule is COc1cc(/C=C2/SC(=Nc3cccc(Cl)c3C)NC2=O)cc(Cl)c1OCc1ccccc1C#N. The molecule has 1 aliphatic heterocycles. The van der Waals surface area contributed by atoms with Gasteiger partial charge in [-0.1, -0.05) is 47.5 Å². The number of carbonyl (C=O) groups excluding carboxylic acids is 1. The number of halogens is 2. The Hall–Kier alpha value is -3.44. The average Bonchev–Trinajstić information content (AvgIpc) is 3.19. The van der Waals surface area contributed by atoms with E-state index in [1.807, 2.05) is 31.2 Å². The van der Waals surface area contributed by atoms with Gasteiger partial charge in [0.2, 0.25) is 0 Å². The van der Waals surface area contributed by atoms with E-state index in [0.717, 1.165) is 11.1 Å². The molecule has 3 aromatic carbocycles. The molecular weight excluding hydrogens is 505 g/mol. The van der Waals surface area contributed by atoms with E-state index in [9.17, 15) is 10.1 Å². The molecule has 9 heteroatoms. The van der Waals surface area contributed by atoms with Crippen molar-refractivity contribution < 1.29 is 14.3 Å². The lowest BCUT2D eigenvalue weighted by Gasteiger charge is -2.14. The fourth-order valence-corrected chi connectivity index (χ4v) is 4.60. The minimum Gasteiger partial charge on any atom is -0.493 e. The van der Waals surface area contributed by atoms with Gasteiger partial charge in [-0.2, -0.15) is 5.26 Å². The van der Waals surface area contributed by atoms with Crippen molar-refractivity contribution in [2.75, 3.05) is 7.11 Å². The normalized spacial score (nSPS) is 15.2. The minimum atomic E-state index is -0.267. The van der Waals surface area contributed by atoms with Crippen LogP contribution in [0.15, 0.2) is 64.5 Å². The minimum absolute atomic E-state index is 0.154. The number of methoxy groups -OCH3 is 1. The van der Waals surface area contributed by atoms with E-state index in [2.05, 4.69) is 16.4 Å². The van der Waals surface area contributed by atoms with Crippen molar-refractivity contribution in [3.05, 3.63) is 91.8 Å². The Labute approximate surface area is 217 Å². The first kappa shape index (κ1) is 24.7. The van der Waals surface area contributed by atoms with Crippen LogP contribution >= 0.6 is 35.0 Å². The number of amides is 1. The van der Waals surface area contributed by atoms with Crippen molar-refractivity contribution in [3.8, 4) is 17.6 Å². The van der Waals surface area contributed by atoms with Crippen LogP contribution in [0.25, 0.3) is 6.08 Å². The van der Waals surface area contributed by atoms with Gasteiger partial charge in [-0.25, -0.2) is 4.99 Å². The molecule has 1 saturated heterocycles. The molecule has 6 nitrogen and oxygen atoms in total. The number of ether oxygens (including phenoxy) is 2. The van der Waals surface area contributed by atoms with Crippen LogP contribution in [0.5, 0.6) is 11.5 Å². The predicted molar refractivity (Wildman–Crippen MR) is 140 cm³/mol. The molecule has 1 fully saturated rings. The van der Waals surface area contributed by atoms with Gasteiger partial charge in [-0.3, -0.25) is 4.79 Å². The van der Waals surface area contributed by atoms with Gasteiger partial charge in [0.05, 0.1) is 34.4 Å². The number of nitrogens with one attached hydrogen (secondary N) is 1. The summed E-state index contributed by atoms with van der Waals surface area (Å²) in [6.45, 7) is 2.03. The molecule has 1 N–H and O–H groups in total. The second-order valence-corrected chi connectivity index (χ2v) is 9.30. The first-order valence-corrected chi connectivity index (χ1v) is 12.0. The molecule has 35 heavy (non-hydrogen) atoms. The zero-order chi connectivity index (χ0) is 24.9. The van der Waals surface area contributed by atoms with Crippen molar-refractivity contribution in [1.29, 1.82) is 5.26 Å². The highest BCUT2D eigenvalue weighted by molar-refractivity contribution is 8.18. The second kappa shape index (κ2) is 10.9. The van der Waals surface area contributed by atoms with E-state index in [-0.39, 0.29) is 12.5 Å². The number of benzene rings is 3. The molecule has 0 bridgehead atoms. The molecular formula is C26H19Cl2N3O3S. The molecule has 0 unspecified atom stereocenters. The molecule has 1 aliphatic rings. The molecule has 0 spiro atoms. The van der Waals surface area contributed by atoms with E-state index >= 15 is 0 Å². The zero-order valence-electron chi connectivity index (χ0n) is 18.8. The number of rotatable bonds is 6. The highest BCUT2D eigenvalue weighted by atomic mass is 35.5. The third kappa shape index (κ3) is 5.63. The van der Waals surface area contributed by atoms with E-state index in [1.54, 1.807) is 36.4 Å². The highest BCUT2D eigenvalue weighted by Gasteiger charge is 2.24. The van der Waals surface area contributed by atoms with Gasteiger partial charge in [0, 0.05) is 10.6 Å². The third-order valence-electron chi connectivity index (χ3n) is 5.17. The Kier molecular flexibility index (Phi) is 7.67. The quantitative estimate of drug-likeness (QED) is 0.365. The molecule has 3 aromatic rings. The van der Waals surface area contributed by atoms with Gasteiger partial charge in [0.1, 0.15) is 6.61 Å². The number of nitriles is 1. The number of thioether (sulfide) groups is 1. The van der Waals surface area contributed by atoms with Gasteiger partial charge >= 0.3 is 0 Å². The summed E-state index contributed by atoms with van der Waals surface area (Å²) in [6, 6.07) is 18.2. The Morgan fingerprint density at radius 1 is 1.14 bits per heavy atom. The number of hydrogen-bond donors (Lipinski definition) is 1. The van der Waals surface area contributed by atoms with Gasteiger partial charge in [-0.15, -0.1) is 0 Å². The van der Waals surface area contributed by atoms with E-state index in [0.29, 0.717) is 48.4 Å². The number of aliphatic imine (C=N–C) groups is 1. The number of nitrogens with zero attached hydrogens (tertiary/aromatic N) is 2. The molecule has 1 amide bonds. The van der Waals surface area contributed by atoms with Gasteiger partial charge in [0.15, 0.2) is 16.7 Å². The smallest absolute Gasteiger partial charge is 0.264 e. The van der Waals surface area contributed by atoms with Crippen molar-refractivity contribution in [2.24, 2.45) is 4.99 Å². The number of amidine groups is 1. The molecule has 0 saturated carbocycles. The summed E-state index contributed by atoms with van der Waals surface area (Å²) in [7, 11) is 1.51. The first-order chi connectivity index (χ1) is 16.9. The maximum atomic E-state index is 12.5. The topological polar surface area (TPSA) is 83.7 Å². The molecule has 4 rings (SSSR count). The third-order valence-corrected chi connectivity index (χ3v) is 6.77. The summed E-state index contributed by atoms with van der Waals surface area (Å²) < 4.78 is 11.4. The molecule has 176 valence electrons. The maximum absolute atomic E-state index is 12.5. The van der Waals surface area contributed by atoms with Crippen LogP contribution in [-0.2, 0) is 11.4 Å². The van der Waals surface area contributed by atoms with Crippen molar-refractivity contribution in [2.45, 2.75) is 13.5 Å². The zero-order valence-corrected chi connectivity index (χ0v) is 21.1. The van der Waals surface area contributed by atoms with Gasteiger partial charge in [-0.05, 0) is 66.2 Å². The van der Waals surface area contributed by atoms with E-state index in [1.165, 1.54) is 18.9 Å². The molecule has 0 atom stereocenters. The summed E-state index contributed by atoms with van der Waals surface area (Å²) in [5.74, 6) is 0.494. The standard InChI is InChI=1S/C26H19Cl2N3O3S/c1-15-19(27)8-5-9-21(15)30-26-31-25(32)23(35-26)12-16-10-20(28)24(22(11-16)33-2)34-14-18-7-4-3-6-17(18)13-29/h3-12H,14H2,1-2H3,(H,30,31,32)/b23-12+. The Balaban J connectivity index is 1.56. The number of carbonyl (C=O) groups is 1. The van der Waals surface area contributed by atoms with E-state index < -0.39 is 0 Å². The molecule has 0 aromatic heterocycles. The predicted octanol–water partition coefficient (Wildman–Crippen LogP) is 6.65. The molecule has 1 heterocycles. The lowest BCUT2D eigenvalue weighted by Crippen LogP contribution is -2.19. The maximum Gasteiger partial charge on any atom is 0.264 e. The second-order valence-electron chi connectivity index (χ2n) is 7.46. The molecule has 0 radical (unpaired) electrons. The van der Waals surface area contributed by atoms with Crippen LogP contribution in [0, 0.1) is 18.3 Å². The van der Waals surface area contributed by atoms with Crippen molar-refractivity contribution in [1.82, 2.24) is 5.32 Å². The fourth-order valence-electron chi connectivity index (χ4n) is 3.33. The summed E-state index contributed by atoms with van der Waals surface area (Å²) >= 11 is 13.9. The van der Waals surface area contributed by atoms with Gasteiger partial charge in [0.25, 0.3) is 5.91 Å². The van der Waals surface area contributed by atoms with Crippen LogP contribution in [0.4, 0.5) is 5.69 Å². The Morgan fingerprint density at radius 2 is 1.94 bits per heavy atom. The monoisotopic (exact) mass is 523 g/mol. The summed E-state index contributed by atoms with van der Waals surface area (Å²) in [5.41, 5.74) is 3.44. The van der Waals surface area contributed by atoms with Crippen LogP contribution < -0.4 is 14.8 Å². The Morgan fingerprint density at radius 3 is 2.71 bits per heavy atom. The summed E-state index contributed by atoms with van der Waals surface area (Å²) in [4.78, 5) is 17.5. The number of hydrogen-bond acceptors (Lipinski definition) is 6. The summed E-state index contributed by atoms with van der Waals surface area (Å²) in [6.07, 6.45) is 1.70. The largest absolute Gasteiger partial charge is 0.493 e. The first-order valence-electron chi connectivity index (χ1n) is 10.4. The van der Waals surface area contributed by atoms with Crippen molar-refractivity contribution in [3.63, 3.8) is 0 Å². The fraction of sp³-hybridized carbons (Fsp3) is 0.115. The van der Waals surface area contributed by atoms with Crippen LogP contribution in [0.2, 0.25) is 10.0 Å². The Bertz CT molecular complexity index is 1410. The van der Waals surface area contributed by atoms with Crippen molar-refractivity contribution >= 4 is 57.8 Å². The van der Waals surface area contributed by atoms with Gasteiger partial charge < -0.3 is 14.8 Å². The lowest BCUT2D eigenvalue weighted by atomic mass is 10.1. The summed E-state index contributed by atoms with van der Waals surface area (Å²) in [5, 5.41) is 13.4. The highest BCUT2D eigenvalue weighted by Crippen LogP contribution is 2.39. The van der Waals surface area contributed by atoms with E-state index in [4.69, 9.17) is 32.7 Å². The van der Waals surface area contributed by atoms with Crippen LogP contribution in [0.1, 0.15) is 22.3 Å². The molecule has 0 aliphatic carbocycles.